The van der Waals surface area contributed by atoms with Gasteiger partial charge in [0.15, 0.2) is 16.5 Å². The van der Waals surface area contributed by atoms with Gasteiger partial charge in [-0.2, -0.15) is 0 Å². The summed E-state index contributed by atoms with van der Waals surface area (Å²) in [6.45, 7) is 2.96. The fraction of sp³-hybridized carbons (Fsp3) is 0.375. The molecule has 3 aliphatic rings. The molecule has 1 saturated heterocycles. The molecule has 188 valence electrons. The van der Waals surface area contributed by atoms with E-state index in [0.29, 0.717) is 42.5 Å². The fourth-order valence-electron chi connectivity index (χ4n) is 5.38. The van der Waals surface area contributed by atoms with Gasteiger partial charge in [-0.3, -0.25) is 9.62 Å². The lowest BCUT2D eigenvalue weighted by Crippen LogP contribution is -2.25. The van der Waals surface area contributed by atoms with E-state index in [0.717, 1.165) is 17.5 Å². The smallest absolute Gasteiger partial charge is 0.414 e. The van der Waals surface area contributed by atoms with E-state index >= 15 is 0 Å². The summed E-state index contributed by atoms with van der Waals surface area (Å²) < 4.78 is 50.7. The van der Waals surface area contributed by atoms with E-state index in [1.165, 1.54) is 26.5 Å². The second-order valence-corrected chi connectivity index (χ2v) is 10.8. The largest absolute Gasteiger partial charge is 0.495 e. The van der Waals surface area contributed by atoms with E-state index in [1.54, 1.807) is 4.90 Å². The van der Waals surface area contributed by atoms with E-state index in [-0.39, 0.29) is 27.8 Å². The van der Waals surface area contributed by atoms with Crippen molar-refractivity contribution in [3.63, 3.8) is 0 Å². The molecule has 1 aromatic carbocycles. The van der Waals surface area contributed by atoms with Gasteiger partial charge in [0.05, 0.1) is 20.8 Å². The highest BCUT2D eigenvalue weighted by molar-refractivity contribution is 7.93. The summed E-state index contributed by atoms with van der Waals surface area (Å²) >= 11 is 0. The maximum Gasteiger partial charge on any atom is 0.414 e. The molecule has 1 saturated carbocycles. The fourth-order valence-corrected chi connectivity index (χ4v) is 6.68. The second-order valence-electron chi connectivity index (χ2n) is 9.23. The summed E-state index contributed by atoms with van der Waals surface area (Å²) in [5.74, 6) is 0.968. The first-order chi connectivity index (χ1) is 17.3. The average Bonchev–Trinajstić information content (AvgIpc) is 3.16. The van der Waals surface area contributed by atoms with Crippen molar-refractivity contribution in [1.29, 1.82) is 0 Å². The number of nitrogens with zero attached hydrogens (tertiary/aromatic N) is 3. The van der Waals surface area contributed by atoms with E-state index in [2.05, 4.69) is 21.8 Å². The van der Waals surface area contributed by atoms with E-state index in [4.69, 9.17) is 18.7 Å². The number of anilines is 2. The molecule has 2 aromatic heterocycles. The molecule has 2 atom stereocenters. The standard InChI is InChI=1S/C24H24N4O7S/c1-13-11-24(13)12-16-19(15-10-14(4-5-17(15)24)28-8-9-34-23(28)29)35-26-21(16)27-36(30,31)20-18(32-2)6-7-25-22(20)33-3/h4-7,10,13H,8-9,11-12H2,1-3H3,(H,26,27)/t13-,24+/m0/s1. The summed E-state index contributed by atoms with van der Waals surface area (Å²) in [5.41, 5.74) is 3.11. The number of hydrogen-bond donors (Lipinski definition) is 1. The topological polar surface area (TPSA) is 133 Å². The maximum absolute atomic E-state index is 13.4. The predicted octanol–water partition coefficient (Wildman–Crippen LogP) is 3.34. The molecule has 11 nitrogen and oxygen atoms in total. The van der Waals surface area contributed by atoms with E-state index < -0.39 is 16.1 Å². The molecule has 1 amide bonds. The molecule has 3 aromatic rings. The highest BCUT2D eigenvalue weighted by Gasteiger charge is 2.56. The molecule has 0 unspecified atom stereocenters. The van der Waals surface area contributed by atoms with Crippen LogP contribution in [-0.4, -0.2) is 52.0 Å². The Hall–Kier alpha value is -3.80. The van der Waals surface area contributed by atoms with Crippen molar-refractivity contribution >= 4 is 27.6 Å². The zero-order valence-electron chi connectivity index (χ0n) is 19.9. The van der Waals surface area contributed by atoms with Crippen LogP contribution in [0.25, 0.3) is 11.3 Å². The summed E-state index contributed by atoms with van der Waals surface area (Å²) in [5, 5.41) is 4.11. The van der Waals surface area contributed by atoms with Crippen molar-refractivity contribution in [2.75, 3.05) is 37.0 Å². The molecule has 6 rings (SSSR count). The quantitative estimate of drug-likeness (QED) is 0.528. The van der Waals surface area contributed by atoms with Crippen LogP contribution in [0.15, 0.2) is 39.9 Å². The SMILES string of the molecule is COc1ccnc(OC)c1S(=O)(=O)Nc1noc2c1C[C@@]1(C[C@@H]1C)c1ccc(N3CCOC3=O)cc1-2. The number of ether oxygens (including phenoxy) is 3. The monoisotopic (exact) mass is 512 g/mol. The van der Waals surface area contributed by atoms with Crippen LogP contribution < -0.4 is 19.1 Å². The van der Waals surface area contributed by atoms with Gasteiger partial charge < -0.3 is 18.7 Å². The van der Waals surface area contributed by atoms with E-state index in [9.17, 15) is 13.2 Å². The van der Waals surface area contributed by atoms with Crippen molar-refractivity contribution in [3.8, 4) is 23.0 Å². The lowest BCUT2D eigenvalue weighted by Gasteiger charge is -2.27. The van der Waals surface area contributed by atoms with Gasteiger partial charge in [0.25, 0.3) is 10.0 Å². The zero-order chi connectivity index (χ0) is 25.2. The molecular formula is C24H24N4O7S. The van der Waals surface area contributed by atoms with Gasteiger partial charge in [0.2, 0.25) is 5.88 Å². The first-order valence-corrected chi connectivity index (χ1v) is 12.9. The number of pyridine rings is 1. The molecule has 3 heterocycles. The zero-order valence-corrected chi connectivity index (χ0v) is 20.7. The van der Waals surface area contributed by atoms with Crippen LogP contribution in [0.1, 0.15) is 24.5 Å². The Kier molecular flexibility index (Phi) is 4.94. The predicted molar refractivity (Wildman–Crippen MR) is 128 cm³/mol. The van der Waals surface area contributed by atoms with Crippen molar-refractivity contribution < 1.29 is 31.9 Å². The van der Waals surface area contributed by atoms with Crippen LogP contribution in [0.4, 0.5) is 16.3 Å². The van der Waals surface area contributed by atoms with Crippen LogP contribution in [0.2, 0.25) is 0 Å². The number of amides is 1. The second kappa shape index (κ2) is 7.85. The minimum absolute atomic E-state index is 0.0893. The minimum atomic E-state index is -4.19. The Balaban J connectivity index is 1.44. The first-order valence-electron chi connectivity index (χ1n) is 11.5. The first kappa shape index (κ1) is 22.7. The van der Waals surface area contributed by atoms with Crippen LogP contribution in [-0.2, 0) is 26.6 Å². The summed E-state index contributed by atoms with van der Waals surface area (Å²) in [6.07, 6.45) is 2.53. The number of fused-ring (bicyclic) bond motifs is 4. The Morgan fingerprint density at radius 1 is 1.22 bits per heavy atom. The number of benzene rings is 1. The Labute approximate surface area is 207 Å². The molecule has 1 aliphatic heterocycles. The number of carbonyl (C=O) groups is 1. The normalized spacial score (nSPS) is 22.1. The Bertz CT molecular complexity index is 1480. The van der Waals surface area contributed by atoms with Crippen LogP contribution in [0.5, 0.6) is 11.6 Å². The molecule has 0 bridgehead atoms. The highest BCUT2D eigenvalue weighted by atomic mass is 32.2. The van der Waals surface area contributed by atoms with Gasteiger partial charge in [0.1, 0.15) is 12.4 Å². The summed E-state index contributed by atoms with van der Waals surface area (Å²) in [7, 11) is -1.49. The average molecular weight is 513 g/mol. The number of rotatable bonds is 6. The Morgan fingerprint density at radius 2 is 2.03 bits per heavy atom. The molecule has 36 heavy (non-hydrogen) atoms. The number of hydrogen-bond acceptors (Lipinski definition) is 9. The molecule has 0 radical (unpaired) electrons. The number of cyclic esters (lactones) is 1. The van der Waals surface area contributed by atoms with Gasteiger partial charge in [-0.1, -0.05) is 18.1 Å². The van der Waals surface area contributed by atoms with Crippen molar-refractivity contribution in [1.82, 2.24) is 10.1 Å². The van der Waals surface area contributed by atoms with Crippen LogP contribution in [0, 0.1) is 5.92 Å². The number of aromatic nitrogens is 2. The number of methoxy groups -OCH3 is 2. The number of nitrogens with one attached hydrogen (secondary N) is 1. The lowest BCUT2D eigenvalue weighted by atomic mass is 9.78. The van der Waals surface area contributed by atoms with Crippen molar-refractivity contribution in [3.05, 3.63) is 41.6 Å². The molecule has 2 aliphatic carbocycles. The lowest BCUT2D eigenvalue weighted by molar-refractivity contribution is 0.181. The van der Waals surface area contributed by atoms with Gasteiger partial charge in [-0.15, -0.1) is 0 Å². The van der Waals surface area contributed by atoms with E-state index in [1.807, 2.05) is 18.2 Å². The summed E-state index contributed by atoms with van der Waals surface area (Å²) in [6, 6.07) is 7.28. The number of carbonyl (C=O) groups excluding carboxylic acids is 1. The molecule has 1 N–H and O–H groups in total. The summed E-state index contributed by atoms with van der Waals surface area (Å²) in [4.78, 5) is 17.5. The van der Waals surface area contributed by atoms with Crippen LogP contribution in [0.3, 0.4) is 0 Å². The van der Waals surface area contributed by atoms with Gasteiger partial charge in [-0.25, -0.2) is 18.2 Å². The molecular weight excluding hydrogens is 488 g/mol. The maximum atomic E-state index is 13.4. The molecule has 2 fully saturated rings. The number of sulfonamides is 1. The van der Waals surface area contributed by atoms with Crippen molar-refractivity contribution in [2.45, 2.75) is 30.1 Å². The molecule has 12 heteroatoms. The third kappa shape index (κ3) is 3.24. The third-order valence-electron chi connectivity index (χ3n) is 7.34. The highest BCUT2D eigenvalue weighted by Crippen LogP contribution is 2.62. The van der Waals surface area contributed by atoms with Crippen LogP contribution >= 0.6 is 0 Å². The molecule has 1 spiro atoms. The Morgan fingerprint density at radius 3 is 2.69 bits per heavy atom. The van der Waals surface area contributed by atoms with Gasteiger partial charge in [0, 0.05) is 34.5 Å². The van der Waals surface area contributed by atoms with Gasteiger partial charge in [-0.05, 0) is 36.5 Å². The minimum Gasteiger partial charge on any atom is -0.495 e. The van der Waals surface area contributed by atoms with Gasteiger partial charge >= 0.3 is 6.09 Å². The third-order valence-corrected chi connectivity index (χ3v) is 8.71. The van der Waals surface area contributed by atoms with Crippen molar-refractivity contribution in [2.24, 2.45) is 5.92 Å².